The van der Waals surface area contributed by atoms with E-state index in [0.29, 0.717) is 12.2 Å². The van der Waals surface area contributed by atoms with Crippen LogP contribution in [-0.4, -0.2) is 23.8 Å². The second-order valence-corrected chi connectivity index (χ2v) is 4.65. The lowest BCUT2D eigenvalue weighted by Crippen LogP contribution is -2.38. The van der Waals surface area contributed by atoms with Crippen molar-refractivity contribution in [1.82, 2.24) is 0 Å². The van der Waals surface area contributed by atoms with Gasteiger partial charge in [0.2, 0.25) is 0 Å². The zero-order chi connectivity index (χ0) is 11.6. The molecule has 0 heterocycles. The molecule has 1 unspecified atom stereocenters. The van der Waals surface area contributed by atoms with Crippen molar-refractivity contribution in [2.24, 2.45) is 5.41 Å². The normalized spacial score (nSPS) is 25.3. The smallest absolute Gasteiger partial charge is 0.334 e. The summed E-state index contributed by atoms with van der Waals surface area (Å²) >= 11 is 0. The van der Waals surface area contributed by atoms with Crippen molar-refractivity contribution in [3.63, 3.8) is 0 Å². The molecular weight excluding hydrogens is 192 g/mol. The molecule has 0 saturated heterocycles. The van der Waals surface area contributed by atoms with Crippen LogP contribution in [0, 0.1) is 5.41 Å². The van der Waals surface area contributed by atoms with Gasteiger partial charge in [-0.2, -0.15) is 0 Å². The Labute approximate surface area is 91.1 Å². The Hall–Kier alpha value is -0.830. The second kappa shape index (κ2) is 4.35. The fourth-order valence-electron chi connectivity index (χ4n) is 2.20. The Bertz CT molecular complexity index is 289. The van der Waals surface area contributed by atoms with Crippen molar-refractivity contribution < 1.29 is 14.6 Å². The van der Waals surface area contributed by atoms with E-state index in [1.807, 2.05) is 20.8 Å². The van der Waals surface area contributed by atoms with Gasteiger partial charge in [0.25, 0.3) is 0 Å². The third kappa shape index (κ3) is 2.23. The maximum Gasteiger partial charge on any atom is 0.334 e. The quantitative estimate of drug-likeness (QED) is 0.712. The summed E-state index contributed by atoms with van der Waals surface area (Å²) in [6.07, 6.45) is 1.04. The third-order valence-corrected chi connectivity index (χ3v) is 3.18. The Kier molecular flexibility index (Phi) is 3.55. The van der Waals surface area contributed by atoms with Gasteiger partial charge in [-0.1, -0.05) is 19.4 Å². The number of allylic oxidation sites excluding steroid dienone is 1. The average molecular weight is 212 g/mol. The van der Waals surface area contributed by atoms with E-state index < -0.39 is 11.5 Å². The standard InChI is InChI=1S/C12H20O3/c1-5-15-11(14)10-8(2)6-7-9(13)12(10,3)4/h9,13H,5-7H2,1-4H3. The molecule has 0 aromatic heterocycles. The minimum absolute atomic E-state index is 0.279. The van der Waals surface area contributed by atoms with E-state index in [4.69, 9.17) is 4.74 Å². The number of carbonyl (C=O) groups excluding carboxylic acids is 1. The lowest BCUT2D eigenvalue weighted by molar-refractivity contribution is -0.141. The third-order valence-electron chi connectivity index (χ3n) is 3.18. The molecule has 0 saturated carbocycles. The summed E-state index contributed by atoms with van der Waals surface area (Å²) in [5, 5.41) is 9.90. The number of ether oxygens (including phenoxy) is 1. The highest BCUT2D eigenvalue weighted by atomic mass is 16.5. The first-order valence-corrected chi connectivity index (χ1v) is 5.46. The number of aliphatic hydroxyl groups excluding tert-OH is 1. The van der Waals surface area contributed by atoms with Gasteiger partial charge in [-0.15, -0.1) is 0 Å². The Morgan fingerprint density at radius 1 is 1.60 bits per heavy atom. The van der Waals surface area contributed by atoms with E-state index in [1.165, 1.54) is 0 Å². The topological polar surface area (TPSA) is 46.5 Å². The summed E-state index contributed by atoms with van der Waals surface area (Å²) in [5.41, 5.74) is 1.21. The molecule has 0 amide bonds. The van der Waals surface area contributed by atoms with E-state index >= 15 is 0 Å². The predicted molar refractivity (Wildman–Crippen MR) is 58.4 cm³/mol. The molecule has 86 valence electrons. The minimum Gasteiger partial charge on any atom is -0.463 e. The van der Waals surface area contributed by atoms with Gasteiger partial charge < -0.3 is 9.84 Å². The number of esters is 1. The summed E-state index contributed by atoms with van der Waals surface area (Å²) in [5.74, 6) is -0.279. The molecule has 1 N–H and O–H groups in total. The zero-order valence-corrected chi connectivity index (χ0v) is 9.96. The van der Waals surface area contributed by atoms with Crippen LogP contribution < -0.4 is 0 Å². The zero-order valence-electron chi connectivity index (χ0n) is 9.96. The molecule has 1 aliphatic rings. The van der Waals surface area contributed by atoms with E-state index in [9.17, 15) is 9.90 Å². The van der Waals surface area contributed by atoms with Crippen LogP contribution in [0.4, 0.5) is 0 Å². The number of hydrogen-bond acceptors (Lipinski definition) is 3. The van der Waals surface area contributed by atoms with Gasteiger partial charge in [0, 0.05) is 11.0 Å². The molecule has 1 rings (SSSR count). The molecule has 0 fully saturated rings. The molecule has 0 aromatic carbocycles. The second-order valence-electron chi connectivity index (χ2n) is 4.65. The van der Waals surface area contributed by atoms with Crippen LogP contribution in [0.25, 0.3) is 0 Å². The highest BCUT2D eigenvalue weighted by Gasteiger charge is 2.40. The van der Waals surface area contributed by atoms with E-state index in [-0.39, 0.29) is 5.97 Å². The van der Waals surface area contributed by atoms with Crippen LogP contribution in [0.15, 0.2) is 11.1 Å². The van der Waals surface area contributed by atoms with Crippen LogP contribution >= 0.6 is 0 Å². The van der Waals surface area contributed by atoms with Crippen molar-refractivity contribution in [1.29, 1.82) is 0 Å². The Morgan fingerprint density at radius 2 is 2.20 bits per heavy atom. The lowest BCUT2D eigenvalue weighted by Gasteiger charge is -2.37. The highest BCUT2D eigenvalue weighted by molar-refractivity contribution is 5.91. The first-order chi connectivity index (χ1) is 6.91. The first kappa shape index (κ1) is 12.2. The molecule has 0 aliphatic heterocycles. The van der Waals surface area contributed by atoms with Crippen molar-refractivity contribution in [3.05, 3.63) is 11.1 Å². The van der Waals surface area contributed by atoms with Crippen molar-refractivity contribution in [2.45, 2.75) is 46.6 Å². The van der Waals surface area contributed by atoms with Crippen molar-refractivity contribution >= 4 is 5.97 Å². The predicted octanol–water partition coefficient (Wildman–Crippen LogP) is 2.05. The van der Waals surface area contributed by atoms with Gasteiger partial charge in [-0.3, -0.25) is 0 Å². The Morgan fingerprint density at radius 3 is 2.73 bits per heavy atom. The molecule has 1 atom stereocenters. The number of hydrogen-bond donors (Lipinski definition) is 1. The maximum atomic E-state index is 11.8. The molecule has 3 heteroatoms. The van der Waals surface area contributed by atoms with Gasteiger partial charge in [-0.05, 0) is 26.7 Å². The van der Waals surface area contributed by atoms with E-state index in [2.05, 4.69) is 0 Å². The average Bonchev–Trinajstić information content (AvgIpc) is 2.12. The van der Waals surface area contributed by atoms with Gasteiger partial charge in [-0.25, -0.2) is 4.79 Å². The van der Waals surface area contributed by atoms with E-state index in [0.717, 1.165) is 18.4 Å². The summed E-state index contributed by atoms with van der Waals surface area (Å²) in [6.45, 7) is 7.90. The fourth-order valence-corrected chi connectivity index (χ4v) is 2.20. The molecule has 0 aromatic rings. The summed E-state index contributed by atoms with van der Waals surface area (Å²) in [7, 11) is 0. The van der Waals surface area contributed by atoms with Crippen molar-refractivity contribution in [3.8, 4) is 0 Å². The number of aliphatic hydroxyl groups is 1. The first-order valence-electron chi connectivity index (χ1n) is 5.46. The SMILES string of the molecule is CCOC(=O)C1=C(C)CCC(O)C1(C)C. The molecule has 1 aliphatic carbocycles. The summed E-state index contributed by atoms with van der Waals surface area (Å²) < 4.78 is 5.03. The van der Waals surface area contributed by atoms with Crippen LogP contribution in [0.5, 0.6) is 0 Å². The van der Waals surface area contributed by atoms with Gasteiger partial charge >= 0.3 is 5.97 Å². The summed E-state index contributed by atoms with van der Waals surface area (Å²) in [6, 6.07) is 0. The van der Waals surface area contributed by atoms with Crippen LogP contribution in [0.1, 0.15) is 40.5 Å². The van der Waals surface area contributed by atoms with Crippen LogP contribution in [0.3, 0.4) is 0 Å². The molecule has 0 bridgehead atoms. The number of rotatable bonds is 2. The minimum atomic E-state index is -0.491. The highest BCUT2D eigenvalue weighted by Crippen LogP contribution is 2.40. The Balaban J connectivity index is 3.04. The van der Waals surface area contributed by atoms with Crippen LogP contribution in [-0.2, 0) is 9.53 Å². The van der Waals surface area contributed by atoms with E-state index in [1.54, 1.807) is 6.92 Å². The lowest BCUT2D eigenvalue weighted by atomic mass is 9.70. The van der Waals surface area contributed by atoms with Crippen LogP contribution in [0.2, 0.25) is 0 Å². The molecular formula is C12H20O3. The molecule has 0 spiro atoms. The molecule has 3 nitrogen and oxygen atoms in total. The van der Waals surface area contributed by atoms with Gasteiger partial charge in [0.15, 0.2) is 0 Å². The molecule has 0 radical (unpaired) electrons. The van der Waals surface area contributed by atoms with Gasteiger partial charge in [0.1, 0.15) is 0 Å². The maximum absolute atomic E-state index is 11.8. The fraction of sp³-hybridized carbons (Fsp3) is 0.750. The van der Waals surface area contributed by atoms with Gasteiger partial charge in [0.05, 0.1) is 12.7 Å². The van der Waals surface area contributed by atoms with Crippen molar-refractivity contribution in [2.75, 3.05) is 6.61 Å². The summed E-state index contributed by atoms with van der Waals surface area (Å²) in [4.78, 5) is 11.8. The largest absolute Gasteiger partial charge is 0.463 e. The molecule has 15 heavy (non-hydrogen) atoms. The number of carbonyl (C=O) groups is 1. The monoisotopic (exact) mass is 212 g/mol.